The second-order valence-corrected chi connectivity index (χ2v) is 6.73. The second kappa shape index (κ2) is 5.70. The average molecular weight is 319 g/mol. The topological polar surface area (TPSA) is 30.2 Å². The monoisotopic (exact) mass is 319 g/mol. The quantitative estimate of drug-likeness (QED) is 0.509. The lowest BCUT2D eigenvalue weighted by atomic mass is 10.1. The Labute approximate surface area is 139 Å². The molecule has 3 aromatic heterocycles. The predicted octanol–water partition coefficient (Wildman–Crippen LogP) is 4.79. The van der Waals surface area contributed by atoms with Crippen LogP contribution in [0.5, 0.6) is 0 Å². The van der Waals surface area contributed by atoms with Gasteiger partial charge < -0.3 is 4.40 Å². The molecule has 1 aromatic carbocycles. The highest BCUT2D eigenvalue weighted by Gasteiger charge is 2.07. The Morgan fingerprint density at radius 3 is 2.78 bits per heavy atom. The third kappa shape index (κ3) is 2.70. The Bertz CT molecular complexity index is 971. The summed E-state index contributed by atoms with van der Waals surface area (Å²) in [5, 5.41) is 2.29. The number of hydrogen-bond donors (Lipinski definition) is 0. The molecular weight excluding hydrogens is 302 g/mol. The smallest absolute Gasteiger partial charge is 0.137 e. The van der Waals surface area contributed by atoms with Crippen LogP contribution in [0.3, 0.4) is 0 Å². The maximum Gasteiger partial charge on any atom is 0.137 e. The van der Waals surface area contributed by atoms with Crippen LogP contribution in [-0.2, 0) is 5.75 Å². The standard InChI is InChI=1S/C19H17N3S/c1-13-6-5-7-16-14(2)10-18(21-19(13)16)23-12-15-11-22-9-4-3-8-17(22)20-15/h3-11H,12H2,1-2H3. The highest BCUT2D eigenvalue weighted by atomic mass is 32.2. The molecule has 4 rings (SSSR count). The summed E-state index contributed by atoms with van der Waals surface area (Å²) in [4.78, 5) is 9.48. The third-order valence-corrected chi connectivity index (χ3v) is 4.95. The molecule has 0 atom stereocenters. The minimum Gasteiger partial charge on any atom is -0.307 e. The number of imidazole rings is 1. The van der Waals surface area contributed by atoms with E-state index >= 15 is 0 Å². The molecule has 0 unspecified atom stereocenters. The Kier molecular flexibility index (Phi) is 3.54. The zero-order valence-electron chi connectivity index (χ0n) is 13.2. The van der Waals surface area contributed by atoms with Crippen LogP contribution in [0.15, 0.2) is 59.9 Å². The number of benzene rings is 1. The van der Waals surface area contributed by atoms with E-state index in [1.54, 1.807) is 11.8 Å². The SMILES string of the molecule is Cc1cc(SCc2cn3ccccc3n2)nc2c(C)cccc12. The molecule has 4 heteroatoms. The van der Waals surface area contributed by atoms with Crippen molar-refractivity contribution >= 4 is 28.3 Å². The van der Waals surface area contributed by atoms with Gasteiger partial charge in [0.1, 0.15) is 5.65 Å². The van der Waals surface area contributed by atoms with E-state index in [9.17, 15) is 0 Å². The van der Waals surface area contributed by atoms with E-state index < -0.39 is 0 Å². The van der Waals surface area contributed by atoms with Gasteiger partial charge in [0.15, 0.2) is 0 Å². The molecule has 3 heterocycles. The van der Waals surface area contributed by atoms with Gasteiger partial charge >= 0.3 is 0 Å². The van der Waals surface area contributed by atoms with E-state index in [1.165, 1.54) is 16.5 Å². The number of nitrogens with zero attached hydrogens (tertiary/aromatic N) is 3. The van der Waals surface area contributed by atoms with E-state index in [0.717, 1.165) is 27.6 Å². The first-order valence-electron chi connectivity index (χ1n) is 7.63. The highest BCUT2D eigenvalue weighted by Crippen LogP contribution is 2.27. The molecule has 0 N–H and O–H groups in total. The van der Waals surface area contributed by atoms with Crippen LogP contribution < -0.4 is 0 Å². The Morgan fingerprint density at radius 1 is 1.00 bits per heavy atom. The molecule has 23 heavy (non-hydrogen) atoms. The first kappa shape index (κ1) is 14.3. The van der Waals surface area contributed by atoms with Crippen molar-refractivity contribution in [2.75, 3.05) is 0 Å². The number of thioether (sulfide) groups is 1. The summed E-state index contributed by atoms with van der Waals surface area (Å²) in [5.74, 6) is 0.825. The maximum atomic E-state index is 4.83. The van der Waals surface area contributed by atoms with Crippen LogP contribution >= 0.6 is 11.8 Å². The second-order valence-electron chi connectivity index (χ2n) is 5.74. The Balaban J connectivity index is 1.63. The van der Waals surface area contributed by atoms with Gasteiger partial charge in [0, 0.05) is 23.5 Å². The number of hydrogen-bond acceptors (Lipinski definition) is 3. The summed E-state index contributed by atoms with van der Waals surface area (Å²) < 4.78 is 2.05. The largest absolute Gasteiger partial charge is 0.307 e. The Hall–Kier alpha value is -2.33. The van der Waals surface area contributed by atoms with Crippen molar-refractivity contribution in [1.29, 1.82) is 0 Å². The van der Waals surface area contributed by atoms with Crippen LogP contribution in [0.2, 0.25) is 0 Å². The van der Waals surface area contributed by atoms with Gasteiger partial charge in [-0.05, 0) is 43.2 Å². The molecule has 0 aliphatic heterocycles. The predicted molar refractivity (Wildman–Crippen MR) is 96.0 cm³/mol. The fraction of sp³-hybridized carbons (Fsp3) is 0.158. The van der Waals surface area contributed by atoms with Crippen LogP contribution in [0.1, 0.15) is 16.8 Å². The fourth-order valence-corrected chi connectivity index (χ4v) is 3.66. The maximum absolute atomic E-state index is 4.83. The van der Waals surface area contributed by atoms with Crippen LogP contribution in [0.25, 0.3) is 16.6 Å². The van der Waals surface area contributed by atoms with Crippen LogP contribution in [0, 0.1) is 13.8 Å². The van der Waals surface area contributed by atoms with Crippen molar-refractivity contribution in [2.24, 2.45) is 0 Å². The minimum atomic E-state index is 0.825. The summed E-state index contributed by atoms with van der Waals surface area (Å²) in [6.45, 7) is 4.27. The molecule has 0 aliphatic carbocycles. The summed E-state index contributed by atoms with van der Waals surface area (Å²) in [7, 11) is 0. The van der Waals surface area contributed by atoms with Crippen molar-refractivity contribution < 1.29 is 0 Å². The molecular formula is C19H17N3S. The first-order valence-corrected chi connectivity index (χ1v) is 8.62. The molecule has 0 aliphatic rings. The van der Waals surface area contributed by atoms with Crippen molar-refractivity contribution in [3.63, 3.8) is 0 Å². The van der Waals surface area contributed by atoms with Crippen molar-refractivity contribution in [3.8, 4) is 0 Å². The Morgan fingerprint density at radius 2 is 1.91 bits per heavy atom. The number of fused-ring (bicyclic) bond motifs is 2. The number of para-hydroxylation sites is 1. The lowest BCUT2D eigenvalue weighted by Crippen LogP contribution is -1.90. The van der Waals surface area contributed by atoms with Crippen LogP contribution in [-0.4, -0.2) is 14.4 Å². The zero-order chi connectivity index (χ0) is 15.8. The minimum absolute atomic E-state index is 0.825. The molecule has 0 saturated carbocycles. The molecule has 0 saturated heterocycles. The molecule has 114 valence electrons. The van der Waals surface area contributed by atoms with Crippen molar-refractivity contribution in [3.05, 3.63) is 71.7 Å². The molecule has 0 fully saturated rings. The van der Waals surface area contributed by atoms with E-state index in [2.05, 4.69) is 53.7 Å². The van der Waals surface area contributed by atoms with Gasteiger partial charge in [0.05, 0.1) is 16.2 Å². The lowest BCUT2D eigenvalue weighted by Gasteiger charge is -2.07. The lowest BCUT2D eigenvalue weighted by molar-refractivity contribution is 1.15. The number of aryl methyl sites for hydroxylation is 2. The number of rotatable bonds is 3. The molecule has 0 bridgehead atoms. The zero-order valence-corrected chi connectivity index (χ0v) is 14.0. The number of pyridine rings is 2. The summed E-state index contributed by atoms with van der Waals surface area (Å²) in [6, 6.07) is 14.6. The average Bonchev–Trinajstić information content (AvgIpc) is 2.97. The van der Waals surface area contributed by atoms with Gasteiger partial charge in [-0.3, -0.25) is 0 Å². The molecule has 0 radical (unpaired) electrons. The van der Waals surface area contributed by atoms with Crippen LogP contribution in [0.4, 0.5) is 0 Å². The van der Waals surface area contributed by atoms with E-state index in [0.29, 0.717) is 0 Å². The van der Waals surface area contributed by atoms with E-state index in [1.807, 2.05) is 24.4 Å². The molecule has 0 amide bonds. The highest BCUT2D eigenvalue weighted by molar-refractivity contribution is 7.98. The van der Waals surface area contributed by atoms with E-state index in [-0.39, 0.29) is 0 Å². The summed E-state index contributed by atoms with van der Waals surface area (Å²) in [5.41, 5.74) is 5.66. The van der Waals surface area contributed by atoms with Crippen molar-refractivity contribution in [2.45, 2.75) is 24.6 Å². The van der Waals surface area contributed by atoms with Gasteiger partial charge in [-0.2, -0.15) is 0 Å². The van der Waals surface area contributed by atoms with Gasteiger partial charge in [0.2, 0.25) is 0 Å². The fourth-order valence-electron chi connectivity index (χ4n) is 2.81. The molecule has 4 aromatic rings. The van der Waals surface area contributed by atoms with Gasteiger partial charge in [-0.25, -0.2) is 9.97 Å². The molecule has 0 spiro atoms. The van der Waals surface area contributed by atoms with Gasteiger partial charge in [-0.1, -0.05) is 36.0 Å². The number of aromatic nitrogens is 3. The van der Waals surface area contributed by atoms with E-state index in [4.69, 9.17) is 4.98 Å². The molecule has 3 nitrogen and oxygen atoms in total. The third-order valence-electron chi connectivity index (χ3n) is 4.01. The summed E-state index contributed by atoms with van der Waals surface area (Å²) >= 11 is 1.74. The van der Waals surface area contributed by atoms with Crippen molar-refractivity contribution in [1.82, 2.24) is 14.4 Å². The first-order chi connectivity index (χ1) is 11.2. The summed E-state index contributed by atoms with van der Waals surface area (Å²) in [6.07, 6.45) is 4.11. The van der Waals surface area contributed by atoms with Gasteiger partial charge in [-0.15, -0.1) is 0 Å². The normalized spacial score (nSPS) is 11.4. The van der Waals surface area contributed by atoms with Gasteiger partial charge in [0.25, 0.3) is 0 Å².